The maximum absolute atomic E-state index is 13.6. The molecule has 8 nitrogen and oxygen atoms in total. The van der Waals surface area contributed by atoms with Crippen molar-refractivity contribution in [2.45, 2.75) is 57.1 Å². The Hall–Kier alpha value is -2.10. The summed E-state index contributed by atoms with van der Waals surface area (Å²) in [5.41, 5.74) is 1.65. The van der Waals surface area contributed by atoms with E-state index in [0.717, 1.165) is 38.4 Å². The molecule has 0 aliphatic carbocycles. The molecule has 3 aliphatic heterocycles. The van der Waals surface area contributed by atoms with Gasteiger partial charge in [0.2, 0.25) is 5.91 Å². The molecular formula is C27H40N4O4S. The fraction of sp³-hybridized carbons (Fsp3) is 0.667. The van der Waals surface area contributed by atoms with Crippen molar-refractivity contribution in [1.82, 2.24) is 15.1 Å². The summed E-state index contributed by atoms with van der Waals surface area (Å²) in [6.45, 7) is 12.0. The van der Waals surface area contributed by atoms with Gasteiger partial charge in [-0.1, -0.05) is 20.8 Å². The van der Waals surface area contributed by atoms with Crippen LogP contribution in [-0.2, 0) is 14.3 Å². The molecule has 4 rings (SSSR count). The molecule has 1 N–H and O–H groups in total. The van der Waals surface area contributed by atoms with E-state index in [-0.39, 0.29) is 41.5 Å². The molecule has 0 unspecified atom stereocenters. The van der Waals surface area contributed by atoms with E-state index in [9.17, 15) is 14.4 Å². The second-order valence-electron chi connectivity index (χ2n) is 10.5. The standard InChI is InChI=1S/C27H40N4O4S/c1-5-10-29-11-13-30(14-12-29)20-8-6-19(7-9-20)26(33)28-21(15-18(2)3)27(34)31-16-23(36-4)25-24(31)22(32)17-35-25/h6-9,18,21,23-25H,5,10-17H2,1-4H3,(H,28,33)/t21-,23-,24+,25+/m0/s1. The minimum absolute atomic E-state index is 0.0503. The lowest BCUT2D eigenvalue weighted by Crippen LogP contribution is -2.52. The van der Waals surface area contributed by atoms with Gasteiger partial charge in [-0.15, -0.1) is 0 Å². The molecule has 198 valence electrons. The number of piperazine rings is 1. The molecular weight excluding hydrogens is 476 g/mol. The van der Waals surface area contributed by atoms with E-state index in [2.05, 4.69) is 22.0 Å². The Morgan fingerprint density at radius 3 is 2.44 bits per heavy atom. The molecule has 0 radical (unpaired) electrons. The molecule has 0 spiro atoms. The monoisotopic (exact) mass is 516 g/mol. The summed E-state index contributed by atoms with van der Waals surface area (Å²) in [5, 5.41) is 3.05. The normalized spacial score (nSPS) is 25.4. The number of carbonyl (C=O) groups is 3. The predicted octanol–water partition coefficient (Wildman–Crippen LogP) is 2.27. The lowest BCUT2D eigenvalue weighted by molar-refractivity contribution is -0.138. The molecule has 4 atom stereocenters. The summed E-state index contributed by atoms with van der Waals surface area (Å²) in [6, 6.07) is 6.43. The van der Waals surface area contributed by atoms with Crippen molar-refractivity contribution in [2.24, 2.45) is 5.92 Å². The van der Waals surface area contributed by atoms with Crippen LogP contribution in [0.5, 0.6) is 0 Å². The van der Waals surface area contributed by atoms with Crippen LogP contribution in [0, 0.1) is 5.92 Å². The molecule has 3 aliphatic rings. The lowest BCUT2D eigenvalue weighted by Gasteiger charge is -2.36. The van der Waals surface area contributed by atoms with Gasteiger partial charge in [0.1, 0.15) is 18.7 Å². The van der Waals surface area contributed by atoms with Crippen LogP contribution >= 0.6 is 11.8 Å². The number of hydrogen-bond donors (Lipinski definition) is 1. The number of amides is 2. The van der Waals surface area contributed by atoms with E-state index < -0.39 is 12.1 Å². The Kier molecular flexibility index (Phi) is 8.96. The molecule has 0 aromatic heterocycles. The maximum Gasteiger partial charge on any atom is 0.251 e. The number of anilines is 1. The molecule has 2 amide bonds. The van der Waals surface area contributed by atoms with E-state index in [1.165, 1.54) is 6.42 Å². The third-order valence-electron chi connectivity index (χ3n) is 7.44. The summed E-state index contributed by atoms with van der Waals surface area (Å²) < 4.78 is 5.71. The van der Waals surface area contributed by atoms with Crippen molar-refractivity contribution in [3.8, 4) is 0 Å². The molecule has 3 saturated heterocycles. The largest absolute Gasteiger partial charge is 0.369 e. The Bertz CT molecular complexity index is 932. The van der Waals surface area contributed by atoms with Gasteiger partial charge in [-0.2, -0.15) is 11.8 Å². The van der Waals surface area contributed by atoms with Gasteiger partial charge in [0.05, 0.1) is 11.4 Å². The summed E-state index contributed by atoms with van der Waals surface area (Å²) in [6.07, 6.45) is 3.40. The first-order chi connectivity index (χ1) is 17.3. The number of nitrogens with zero attached hydrogens (tertiary/aromatic N) is 3. The molecule has 3 fully saturated rings. The summed E-state index contributed by atoms with van der Waals surface area (Å²) in [7, 11) is 0. The van der Waals surface area contributed by atoms with Gasteiger partial charge in [0, 0.05) is 44.0 Å². The molecule has 1 aromatic carbocycles. The van der Waals surface area contributed by atoms with Crippen LogP contribution in [-0.4, -0.2) is 103 Å². The number of nitrogens with one attached hydrogen (secondary N) is 1. The van der Waals surface area contributed by atoms with Gasteiger partial charge >= 0.3 is 0 Å². The first-order valence-corrected chi connectivity index (χ1v) is 14.5. The number of likely N-dealkylation sites (tertiary alicyclic amines) is 1. The number of thioether (sulfide) groups is 1. The number of hydrogen-bond acceptors (Lipinski definition) is 7. The minimum Gasteiger partial charge on any atom is -0.369 e. The summed E-state index contributed by atoms with van der Waals surface area (Å²) >= 11 is 1.62. The average molecular weight is 517 g/mol. The third-order valence-corrected chi connectivity index (χ3v) is 8.46. The average Bonchev–Trinajstić information content (AvgIpc) is 3.44. The zero-order valence-corrected chi connectivity index (χ0v) is 22.8. The highest BCUT2D eigenvalue weighted by molar-refractivity contribution is 7.99. The molecule has 0 saturated carbocycles. The van der Waals surface area contributed by atoms with Crippen LogP contribution in [0.15, 0.2) is 24.3 Å². The highest BCUT2D eigenvalue weighted by Crippen LogP contribution is 2.34. The highest BCUT2D eigenvalue weighted by Gasteiger charge is 2.52. The van der Waals surface area contributed by atoms with Crippen LogP contribution in [0.25, 0.3) is 0 Å². The van der Waals surface area contributed by atoms with E-state index in [0.29, 0.717) is 18.5 Å². The van der Waals surface area contributed by atoms with Crippen molar-refractivity contribution < 1.29 is 19.1 Å². The number of benzene rings is 1. The molecule has 0 bridgehead atoms. The molecule has 3 heterocycles. The van der Waals surface area contributed by atoms with E-state index in [1.807, 2.05) is 44.4 Å². The zero-order valence-electron chi connectivity index (χ0n) is 21.9. The smallest absolute Gasteiger partial charge is 0.251 e. The first-order valence-electron chi connectivity index (χ1n) is 13.2. The Balaban J connectivity index is 1.41. The van der Waals surface area contributed by atoms with E-state index in [4.69, 9.17) is 4.74 Å². The molecule has 36 heavy (non-hydrogen) atoms. The number of ether oxygens (including phenoxy) is 1. The van der Waals surface area contributed by atoms with Crippen LogP contribution in [0.4, 0.5) is 5.69 Å². The highest BCUT2D eigenvalue weighted by atomic mass is 32.2. The van der Waals surface area contributed by atoms with Crippen LogP contribution in [0.2, 0.25) is 0 Å². The summed E-state index contributed by atoms with van der Waals surface area (Å²) in [4.78, 5) is 45.8. The van der Waals surface area contributed by atoms with Crippen LogP contribution in [0.3, 0.4) is 0 Å². The third kappa shape index (κ3) is 5.89. The van der Waals surface area contributed by atoms with Crippen LogP contribution in [0.1, 0.15) is 44.0 Å². The quantitative estimate of drug-likeness (QED) is 0.539. The van der Waals surface area contributed by atoms with Crippen molar-refractivity contribution in [2.75, 3.05) is 57.0 Å². The first kappa shape index (κ1) is 26.9. The second kappa shape index (κ2) is 12.0. The van der Waals surface area contributed by atoms with Crippen LogP contribution < -0.4 is 10.2 Å². The number of ketones is 1. The topological polar surface area (TPSA) is 82.2 Å². The SMILES string of the molecule is CCCN1CCN(c2ccc(C(=O)N[C@@H](CC(C)C)C(=O)N3C[C@H](SC)[C@H]4OCC(=O)[C@H]43)cc2)CC1. The van der Waals surface area contributed by atoms with Crippen molar-refractivity contribution in [1.29, 1.82) is 0 Å². The Morgan fingerprint density at radius 2 is 1.83 bits per heavy atom. The lowest BCUT2D eigenvalue weighted by atomic mass is 10.0. The van der Waals surface area contributed by atoms with Crippen molar-refractivity contribution in [3.63, 3.8) is 0 Å². The van der Waals surface area contributed by atoms with E-state index >= 15 is 0 Å². The van der Waals surface area contributed by atoms with Crippen molar-refractivity contribution in [3.05, 3.63) is 29.8 Å². The van der Waals surface area contributed by atoms with Crippen molar-refractivity contribution >= 4 is 35.0 Å². The Morgan fingerprint density at radius 1 is 1.14 bits per heavy atom. The predicted molar refractivity (Wildman–Crippen MR) is 144 cm³/mol. The maximum atomic E-state index is 13.6. The van der Waals surface area contributed by atoms with Gasteiger partial charge in [0.25, 0.3) is 5.91 Å². The number of fused-ring (bicyclic) bond motifs is 1. The van der Waals surface area contributed by atoms with E-state index in [1.54, 1.807) is 16.7 Å². The Labute approximate surface area is 219 Å². The number of Topliss-reactive ketones (excluding diaryl/α,β-unsaturated/α-hetero) is 1. The van der Waals surface area contributed by atoms with Gasteiger partial charge in [-0.05, 0) is 55.8 Å². The molecule has 9 heteroatoms. The zero-order chi connectivity index (χ0) is 25.8. The second-order valence-corrected chi connectivity index (χ2v) is 11.6. The van der Waals surface area contributed by atoms with Gasteiger partial charge in [0.15, 0.2) is 5.78 Å². The van der Waals surface area contributed by atoms with Gasteiger partial charge in [-0.3, -0.25) is 19.3 Å². The summed E-state index contributed by atoms with van der Waals surface area (Å²) in [5.74, 6) is -0.299. The van der Waals surface area contributed by atoms with Gasteiger partial charge in [-0.25, -0.2) is 0 Å². The number of carbonyl (C=O) groups excluding carboxylic acids is 3. The fourth-order valence-electron chi connectivity index (χ4n) is 5.55. The fourth-order valence-corrected chi connectivity index (χ4v) is 6.36. The molecule has 1 aromatic rings. The number of rotatable bonds is 9. The minimum atomic E-state index is -0.682. The van der Waals surface area contributed by atoms with Gasteiger partial charge < -0.3 is 19.9 Å².